The predicted octanol–water partition coefficient (Wildman–Crippen LogP) is 2.24. The van der Waals surface area contributed by atoms with Gasteiger partial charge in [0.25, 0.3) is 0 Å². The maximum Gasteiger partial charge on any atom is 0.237 e. The summed E-state index contributed by atoms with van der Waals surface area (Å²) in [5.74, 6) is 1.65. The maximum absolute atomic E-state index is 12.8. The monoisotopic (exact) mass is 301 g/mol. The lowest BCUT2D eigenvalue weighted by Crippen LogP contribution is -2.32. The van der Waals surface area contributed by atoms with Crippen LogP contribution in [0.5, 0.6) is 11.5 Å². The van der Waals surface area contributed by atoms with Crippen LogP contribution < -0.4 is 14.4 Å². The van der Waals surface area contributed by atoms with Crippen LogP contribution in [0.15, 0.2) is 18.2 Å². The normalized spacial score (nSPS) is 32.5. The van der Waals surface area contributed by atoms with Crippen molar-refractivity contribution in [2.75, 3.05) is 19.1 Å². The van der Waals surface area contributed by atoms with Crippen LogP contribution >= 0.6 is 0 Å². The first-order chi connectivity index (χ1) is 10.7. The number of hydrogen-bond donors (Lipinski definition) is 0. The van der Waals surface area contributed by atoms with Gasteiger partial charge in [-0.1, -0.05) is 0 Å². The molecule has 1 aromatic rings. The summed E-state index contributed by atoms with van der Waals surface area (Å²) in [5.41, 5.74) is 0.585. The summed E-state index contributed by atoms with van der Waals surface area (Å²) in [7, 11) is 3.11. The third-order valence-electron chi connectivity index (χ3n) is 5.55. The highest BCUT2D eigenvalue weighted by Crippen LogP contribution is 2.56. The molecule has 5 nitrogen and oxygen atoms in total. The molecule has 0 N–H and O–H groups in total. The van der Waals surface area contributed by atoms with Gasteiger partial charge in [-0.3, -0.25) is 9.59 Å². The summed E-state index contributed by atoms with van der Waals surface area (Å²) in [6.07, 6.45) is 3.22. The van der Waals surface area contributed by atoms with Crippen molar-refractivity contribution < 1.29 is 19.1 Å². The van der Waals surface area contributed by atoms with Crippen LogP contribution in [-0.4, -0.2) is 26.0 Å². The number of fused-ring (bicyclic) bond motifs is 5. The highest BCUT2D eigenvalue weighted by Gasteiger charge is 2.61. The lowest BCUT2D eigenvalue weighted by atomic mass is 9.81. The molecule has 0 radical (unpaired) electrons. The van der Waals surface area contributed by atoms with Gasteiger partial charge >= 0.3 is 0 Å². The minimum atomic E-state index is -0.0978. The number of benzene rings is 1. The van der Waals surface area contributed by atoms with E-state index in [1.54, 1.807) is 32.4 Å². The SMILES string of the molecule is COc1ccc(N2C(=O)C3C4CCC(C4)C3C2=O)cc1OC. The first-order valence-electron chi connectivity index (χ1n) is 7.75. The molecule has 3 aliphatic rings. The van der Waals surface area contributed by atoms with Gasteiger partial charge in [-0.15, -0.1) is 0 Å². The number of anilines is 1. The second kappa shape index (κ2) is 4.73. The number of rotatable bonds is 3. The van der Waals surface area contributed by atoms with Crippen molar-refractivity contribution in [1.82, 2.24) is 0 Å². The molecule has 22 heavy (non-hydrogen) atoms. The van der Waals surface area contributed by atoms with Crippen LogP contribution in [0.25, 0.3) is 0 Å². The Labute approximate surface area is 129 Å². The fourth-order valence-electron chi connectivity index (χ4n) is 4.63. The van der Waals surface area contributed by atoms with Crippen molar-refractivity contribution in [3.05, 3.63) is 18.2 Å². The van der Waals surface area contributed by atoms with Gasteiger partial charge < -0.3 is 9.47 Å². The second-order valence-electron chi connectivity index (χ2n) is 6.44. The van der Waals surface area contributed by atoms with E-state index in [2.05, 4.69) is 0 Å². The van der Waals surface area contributed by atoms with Crippen molar-refractivity contribution in [3.63, 3.8) is 0 Å². The van der Waals surface area contributed by atoms with Crippen molar-refractivity contribution in [3.8, 4) is 11.5 Å². The number of imide groups is 1. The summed E-state index contributed by atoms with van der Waals surface area (Å²) in [6.45, 7) is 0. The number of hydrogen-bond acceptors (Lipinski definition) is 4. The van der Waals surface area contributed by atoms with Gasteiger partial charge in [0.1, 0.15) is 0 Å². The third-order valence-corrected chi connectivity index (χ3v) is 5.55. The average molecular weight is 301 g/mol. The van der Waals surface area contributed by atoms with Crippen LogP contribution in [0.4, 0.5) is 5.69 Å². The van der Waals surface area contributed by atoms with E-state index in [1.807, 2.05) is 0 Å². The van der Waals surface area contributed by atoms with E-state index in [1.165, 1.54) is 4.90 Å². The molecule has 2 bridgehead atoms. The summed E-state index contributed by atoms with van der Waals surface area (Å²) < 4.78 is 10.5. The molecule has 1 aromatic carbocycles. The van der Waals surface area contributed by atoms with Gasteiger partial charge in [0, 0.05) is 6.07 Å². The molecule has 2 aliphatic carbocycles. The molecule has 2 saturated carbocycles. The van der Waals surface area contributed by atoms with Gasteiger partial charge in [-0.25, -0.2) is 4.90 Å². The average Bonchev–Trinajstić information content (AvgIpc) is 3.21. The van der Waals surface area contributed by atoms with Crippen LogP contribution in [0.2, 0.25) is 0 Å². The Kier molecular flexibility index (Phi) is 2.93. The molecule has 1 saturated heterocycles. The molecule has 116 valence electrons. The Morgan fingerprint density at radius 1 is 0.955 bits per heavy atom. The Bertz CT molecular complexity index is 628. The summed E-state index contributed by atoms with van der Waals surface area (Å²) >= 11 is 0. The van der Waals surface area contributed by atoms with Gasteiger partial charge in [-0.05, 0) is 43.2 Å². The summed E-state index contributed by atoms with van der Waals surface area (Å²) in [4.78, 5) is 26.9. The van der Waals surface area contributed by atoms with Gasteiger partial charge in [0.05, 0.1) is 31.7 Å². The Morgan fingerprint density at radius 3 is 2.09 bits per heavy atom. The summed E-state index contributed by atoms with van der Waals surface area (Å²) in [5, 5.41) is 0. The largest absolute Gasteiger partial charge is 0.493 e. The highest BCUT2D eigenvalue weighted by atomic mass is 16.5. The van der Waals surface area contributed by atoms with E-state index in [9.17, 15) is 9.59 Å². The molecule has 4 rings (SSSR count). The molecule has 3 fully saturated rings. The Balaban J connectivity index is 1.71. The maximum atomic E-state index is 12.8. The molecule has 4 atom stereocenters. The van der Waals surface area contributed by atoms with Crippen molar-refractivity contribution in [2.24, 2.45) is 23.7 Å². The number of methoxy groups -OCH3 is 2. The van der Waals surface area contributed by atoms with E-state index >= 15 is 0 Å². The van der Waals surface area contributed by atoms with Crippen molar-refractivity contribution in [1.29, 1.82) is 0 Å². The molecule has 0 aromatic heterocycles. The number of ether oxygens (including phenoxy) is 2. The standard InChI is InChI=1S/C17H19NO4/c1-21-12-6-5-11(8-13(12)22-2)18-16(19)14-9-3-4-10(7-9)15(14)17(18)20/h5-6,8-10,14-15H,3-4,7H2,1-2H3. The Morgan fingerprint density at radius 2 is 1.55 bits per heavy atom. The lowest BCUT2D eigenvalue weighted by molar-refractivity contribution is -0.123. The molecule has 2 amide bonds. The second-order valence-corrected chi connectivity index (χ2v) is 6.44. The van der Waals surface area contributed by atoms with Crippen molar-refractivity contribution >= 4 is 17.5 Å². The number of carbonyl (C=O) groups excluding carboxylic acids is 2. The molecule has 1 heterocycles. The van der Waals surface area contributed by atoms with Crippen molar-refractivity contribution in [2.45, 2.75) is 19.3 Å². The van der Waals surface area contributed by atoms with Gasteiger partial charge in [0.15, 0.2) is 11.5 Å². The fraction of sp³-hybridized carbons (Fsp3) is 0.529. The molecular formula is C17H19NO4. The van der Waals surface area contributed by atoms with Crippen LogP contribution in [0, 0.1) is 23.7 Å². The zero-order valence-corrected chi connectivity index (χ0v) is 12.7. The number of amides is 2. The Hall–Kier alpha value is -2.04. The lowest BCUT2D eigenvalue weighted by Gasteiger charge is -2.19. The third kappa shape index (κ3) is 1.65. The quantitative estimate of drug-likeness (QED) is 0.803. The predicted molar refractivity (Wildman–Crippen MR) is 79.9 cm³/mol. The van der Waals surface area contributed by atoms with Gasteiger partial charge in [0.2, 0.25) is 11.8 Å². The molecule has 1 aliphatic heterocycles. The fourth-order valence-corrected chi connectivity index (χ4v) is 4.63. The topological polar surface area (TPSA) is 55.8 Å². The van der Waals surface area contributed by atoms with E-state index in [0.717, 1.165) is 19.3 Å². The minimum Gasteiger partial charge on any atom is -0.493 e. The zero-order valence-electron chi connectivity index (χ0n) is 12.7. The number of nitrogens with zero attached hydrogens (tertiary/aromatic N) is 1. The molecule has 4 unspecified atom stereocenters. The zero-order chi connectivity index (χ0) is 15.4. The van der Waals surface area contributed by atoms with Crippen LogP contribution in [0.3, 0.4) is 0 Å². The van der Waals surface area contributed by atoms with E-state index in [4.69, 9.17) is 9.47 Å². The van der Waals surface area contributed by atoms with Gasteiger partial charge in [-0.2, -0.15) is 0 Å². The molecular weight excluding hydrogens is 282 g/mol. The van der Waals surface area contributed by atoms with E-state index < -0.39 is 0 Å². The van der Waals surface area contributed by atoms with Crippen LogP contribution in [0.1, 0.15) is 19.3 Å². The van der Waals surface area contributed by atoms with E-state index in [0.29, 0.717) is 29.0 Å². The molecule has 5 heteroatoms. The van der Waals surface area contributed by atoms with Crippen LogP contribution in [-0.2, 0) is 9.59 Å². The first kappa shape index (κ1) is 13.6. The first-order valence-corrected chi connectivity index (χ1v) is 7.75. The smallest absolute Gasteiger partial charge is 0.237 e. The summed E-state index contributed by atoms with van der Waals surface area (Å²) in [6, 6.07) is 5.19. The highest BCUT2D eigenvalue weighted by molar-refractivity contribution is 6.22. The van der Waals surface area contributed by atoms with E-state index in [-0.39, 0.29) is 23.7 Å². The molecule has 0 spiro atoms. The number of carbonyl (C=O) groups is 2. The minimum absolute atomic E-state index is 0.0329.